The van der Waals surface area contributed by atoms with Gasteiger partial charge in [-0.3, -0.25) is 9.63 Å². The predicted octanol–water partition coefficient (Wildman–Crippen LogP) is 3.59. The molecule has 0 saturated carbocycles. The van der Waals surface area contributed by atoms with Gasteiger partial charge in [-0.15, -0.1) is 11.8 Å². The normalized spacial score (nSPS) is 11.8. The summed E-state index contributed by atoms with van der Waals surface area (Å²) in [6.45, 7) is 2.28. The molecule has 0 aromatic heterocycles. The Hall–Kier alpha value is -1.78. The number of hydroxylamine groups is 1. The van der Waals surface area contributed by atoms with Crippen LogP contribution in [0.2, 0.25) is 0 Å². The summed E-state index contributed by atoms with van der Waals surface area (Å²) >= 11 is 1.51. The van der Waals surface area contributed by atoms with Crippen LogP contribution < -0.4 is 5.48 Å². The Morgan fingerprint density at radius 2 is 1.70 bits per heavy atom. The van der Waals surface area contributed by atoms with Gasteiger partial charge >= 0.3 is 0 Å². The number of amides is 1. The van der Waals surface area contributed by atoms with Gasteiger partial charge in [-0.05, 0) is 24.6 Å². The summed E-state index contributed by atoms with van der Waals surface area (Å²) in [7, 11) is 0. The van der Waals surface area contributed by atoms with Crippen molar-refractivity contribution in [2.24, 2.45) is 0 Å². The van der Waals surface area contributed by atoms with Crippen molar-refractivity contribution in [2.45, 2.75) is 17.1 Å². The van der Waals surface area contributed by atoms with E-state index in [1.807, 2.05) is 67.6 Å². The SMILES string of the molecule is CCONC(=O)[C@@H](Sc1ccccc1)c1ccccc1. The molecule has 0 aliphatic rings. The van der Waals surface area contributed by atoms with E-state index in [0.717, 1.165) is 10.5 Å². The molecule has 0 heterocycles. The zero-order valence-electron chi connectivity index (χ0n) is 11.3. The maximum absolute atomic E-state index is 12.2. The highest BCUT2D eigenvalue weighted by Gasteiger charge is 2.21. The molecule has 1 N–H and O–H groups in total. The van der Waals surface area contributed by atoms with E-state index in [4.69, 9.17) is 4.84 Å². The molecule has 2 rings (SSSR count). The van der Waals surface area contributed by atoms with Gasteiger partial charge in [0.25, 0.3) is 5.91 Å². The fraction of sp³-hybridized carbons (Fsp3) is 0.188. The minimum Gasteiger partial charge on any atom is -0.274 e. The van der Waals surface area contributed by atoms with Crippen LogP contribution in [-0.4, -0.2) is 12.5 Å². The van der Waals surface area contributed by atoms with Crippen LogP contribution in [-0.2, 0) is 9.63 Å². The third-order valence-corrected chi connectivity index (χ3v) is 3.92. The molecule has 4 heteroatoms. The Morgan fingerprint density at radius 3 is 2.30 bits per heavy atom. The number of rotatable bonds is 6. The lowest BCUT2D eigenvalue weighted by atomic mass is 10.1. The van der Waals surface area contributed by atoms with Gasteiger partial charge in [-0.25, -0.2) is 5.48 Å². The van der Waals surface area contributed by atoms with Crippen molar-refractivity contribution in [1.29, 1.82) is 0 Å². The second-order valence-electron chi connectivity index (χ2n) is 4.12. The zero-order valence-corrected chi connectivity index (χ0v) is 12.1. The van der Waals surface area contributed by atoms with Crippen LogP contribution in [0.5, 0.6) is 0 Å². The molecule has 2 aromatic carbocycles. The first-order valence-corrected chi connectivity index (χ1v) is 7.37. The van der Waals surface area contributed by atoms with Crippen LogP contribution in [0.1, 0.15) is 17.7 Å². The van der Waals surface area contributed by atoms with E-state index >= 15 is 0 Å². The lowest BCUT2D eigenvalue weighted by Crippen LogP contribution is -2.28. The lowest BCUT2D eigenvalue weighted by Gasteiger charge is -2.16. The van der Waals surface area contributed by atoms with Gasteiger partial charge in [0.2, 0.25) is 0 Å². The summed E-state index contributed by atoms with van der Waals surface area (Å²) in [4.78, 5) is 18.3. The molecule has 0 spiro atoms. The van der Waals surface area contributed by atoms with Crippen molar-refractivity contribution in [1.82, 2.24) is 5.48 Å². The number of thioether (sulfide) groups is 1. The summed E-state index contributed by atoms with van der Waals surface area (Å²) in [6, 6.07) is 19.6. The van der Waals surface area contributed by atoms with Gasteiger partial charge < -0.3 is 0 Å². The highest BCUT2D eigenvalue weighted by Crippen LogP contribution is 2.35. The van der Waals surface area contributed by atoms with Crippen molar-refractivity contribution in [3.8, 4) is 0 Å². The summed E-state index contributed by atoms with van der Waals surface area (Å²) in [6.07, 6.45) is 0. The molecule has 0 unspecified atom stereocenters. The molecule has 0 aliphatic carbocycles. The monoisotopic (exact) mass is 287 g/mol. The van der Waals surface area contributed by atoms with Gasteiger partial charge in [0.1, 0.15) is 5.25 Å². The average Bonchev–Trinajstić information content (AvgIpc) is 2.52. The largest absolute Gasteiger partial charge is 0.274 e. The number of hydrogen-bond donors (Lipinski definition) is 1. The minimum atomic E-state index is -0.329. The molecular weight excluding hydrogens is 270 g/mol. The van der Waals surface area contributed by atoms with Gasteiger partial charge in [0.05, 0.1) is 6.61 Å². The molecule has 20 heavy (non-hydrogen) atoms. The molecule has 1 atom stereocenters. The quantitative estimate of drug-likeness (QED) is 0.652. The van der Waals surface area contributed by atoms with Gasteiger partial charge in [0.15, 0.2) is 0 Å². The maximum Gasteiger partial charge on any atom is 0.261 e. The number of hydrogen-bond acceptors (Lipinski definition) is 3. The topological polar surface area (TPSA) is 38.3 Å². The van der Waals surface area contributed by atoms with Crippen LogP contribution in [0.3, 0.4) is 0 Å². The average molecular weight is 287 g/mol. The fourth-order valence-corrected chi connectivity index (χ4v) is 2.77. The smallest absolute Gasteiger partial charge is 0.261 e. The van der Waals surface area contributed by atoms with Gasteiger partial charge in [-0.2, -0.15) is 0 Å². The molecule has 1 amide bonds. The van der Waals surface area contributed by atoms with Crippen LogP contribution in [0.4, 0.5) is 0 Å². The third-order valence-electron chi connectivity index (χ3n) is 2.65. The van der Waals surface area contributed by atoms with E-state index in [1.165, 1.54) is 11.8 Å². The maximum atomic E-state index is 12.2. The summed E-state index contributed by atoms with van der Waals surface area (Å²) in [5.74, 6) is -0.146. The van der Waals surface area contributed by atoms with E-state index < -0.39 is 0 Å². The van der Waals surface area contributed by atoms with Crippen molar-refractivity contribution < 1.29 is 9.63 Å². The molecule has 2 aromatic rings. The van der Waals surface area contributed by atoms with Gasteiger partial charge in [0, 0.05) is 4.90 Å². The highest BCUT2D eigenvalue weighted by atomic mass is 32.2. The molecule has 0 fully saturated rings. The lowest BCUT2D eigenvalue weighted by molar-refractivity contribution is -0.132. The summed E-state index contributed by atoms with van der Waals surface area (Å²) in [5.41, 5.74) is 3.45. The third kappa shape index (κ3) is 4.11. The summed E-state index contributed by atoms with van der Waals surface area (Å²) in [5, 5.41) is -0.329. The van der Waals surface area contributed by atoms with Crippen molar-refractivity contribution in [3.63, 3.8) is 0 Å². The van der Waals surface area contributed by atoms with E-state index in [0.29, 0.717) is 6.61 Å². The molecule has 104 valence electrons. The number of carbonyl (C=O) groups is 1. The van der Waals surface area contributed by atoms with Crippen LogP contribution in [0, 0.1) is 0 Å². The standard InChI is InChI=1S/C16H17NO2S/c1-2-19-17-16(18)15(13-9-5-3-6-10-13)20-14-11-7-4-8-12-14/h3-12,15H,2H2,1H3,(H,17,18)/t15-/m0/s1. The highest BCUT2D eigenvalue weighted by molar-refractivity contribution is 8.00. The Bertz CT molecular complexity index is 531. The first-order valence-electron chi connectivity index (χ1n) is 6.49. The van der Waals surface area contributed by atoms with E-state index in [1.54, 1.807) is 0 Å². The molecule has 0 aliphatic heterocycles. The Kier molecular flexibility index (Phi) is 5.65. The van der Waals surface area contributed by atoms with Crippen LogP contribution >= 0.6 is 11.8 Å². The molecular formula is C16H17NO2S. The number of benzene rings is 2. The summed E-state index contributed by atoms with van der Waals surface area (Å²) < 4.78 is 0. The minimum absolute atomic E-state index is 0.146. The second-order valence-corrected chi connectivity index (χ2v) is 5.30. The predicted molar refractivity (Wildman–Crippen MR) is 81.3 cm³/mol. The van der Waals surface area contributed by atoms with Crippen LogP contribution in [0.15, 0.2) is 65.6 Å². The first kappa shape index (κ1) is 14.6. The molecule has 0 saturated heterocycles. The van der Waals surface area contributed by atoms with Crippen molar-refractivity contribution >= 4 is 17.7 Å². The Balaban J connectivity index is 2.18. The molecule has 0 radical (unpaired) electrons. The number of nitrogens with one attached hydrogen (secondary N) is 1. The molecule has 3 nitrogen and oxygen atoms in total. The van der Waals surface area contributed by atoms with E-state index in [2.05, 4.69) is 5.48 Å². The fourth-order valence-electron chi connectivity index (χ4n) is 1.73. The van der Waals surface area contributed by atoms with Crippen LogP contribution in [0.25, 0.3) is 0 Å². The van der Waals surface area contributed by atoms with Gasteiger partial charge in [-0.1, -0.05) is 48.5 Å². The van der Waals surface area contributed by atoms with Crippen molar-refractivity contribution in [3.05, 3.63) is 66.2 Å². The number of carbonyl (C=O) groups excluding carboxylic acids is 1. The Labute approximate surface area is 123 Å². The first-order chi connectivity index (χ1) is 9.81. The van der Waals surface area contributed by atoms with Crippen molar-refractivity contribution in [2.75, 3.05) is 6.61 Å². The second kappa shape index (κ2) is 7.72. The van der Waals surface area contributed by atoms with E-state index in [9.17, 15) is 4.79 Å². The molecule has 0 bridgehead atoms. The van der Waals surface area contributed by atoms with E-state index in [-0.39, 0.29) is 11.2 Å². The Morgan fingerprint density at radius 1 is 1.10 bits per heavy atom. The zero-order chi connectivity index (χ0) is 14.2.